The largest absolute Gasteiger partial charge is 0.381 e. The number of hydrogen-bond acceptors (Lipinski definition) is 4. The van der Waals surface area contributed by atoms with E-state index in [1.807, 2.05) is 26.0 Å². The molecule has 116 valence electrons. The molecule has 6 nitrogen and oxygen atoms in total. The normalized spacial score (nSPS) is 17.6. The zero-order valence-electron chi connectivity index (χ0n) is 12.9. The van der Waals surface area contributed by atoms with Gasteiger partial charge >= 0.3 is 0 Å². The second-order valence-electron chi connectivity index (χ2n) is 5.68. The lowest BCUT2D eigenvalue weighted by atomic mass is 10.1. The van der Waals surface area contributed by atoms with Crippen molar-refractivity contribution in [3.8, 4) is 5.82 Å². The lowest BCUT2D eigenvalue weighted by Crippen LogP contribution is -2.29. The third-order valence-electron chi connectivity index (χ3n) is 3.81. The summed E-state index contributed by atoms with van der Waals surface area (Å²) in [5, 5.41) is 7.32. The van der Waals surface area contributed by atoms with Crippen LogP contribution in [-0.2, 0) is 4.74 Å². The number of hydrogen-bond donors (Lipinski definition) is 1. The summed E-state index contributed by atoms with van der Waals surface area (Å²) >= 11 is 0. The van der Waals surface area contributed by atoms with Crippen molar-refractivity contribution < 1.29 is 9.53 Å². The Bertz CT molecular complexity index is 657. The molecule has 1 saturated heterocycles. The van der Waals surface area contributed by atoms with Gasteiger partial charge < -0.3 is 10.1 Å². The standard InChI is InChI=1S/C16H20N4O2/c1-11-7-12(2)20(19-11)15-4-3-14(9-17-15)16(21)18-8-13-5-6-22-10-13/h3-4,7,9,13H,5-6,8,10H2,1-2H3,(H,18,21). The number of nitrogens with one attached hydrogen (secondary N) is 1. The molecule has 3 heterocycles. The van der Waals surface area contributed by atoms with E-state index in [1.54, 1.807) is 16.9 Å². The average molecular weight is 300 g/mol. The first kappa shape index (κ1) is 14.7. The lowest BCUT2D eigenvalue weighted by Gasteiger charge is -2.10. The Morgan fingerprint density at radius 2 is 2.32 bits per heavy atom. The predicted octanol–water partition coefficient (Wildman–Crippen LogP) is 1.65. The summed E-state index contributed by atoms with van der Waals surface area (Å²) in [4.78, 5) is 16.4. The molecule has 6 heteroatoms. The van der Waals surface area contributed by atoms with Crippen molar-refractivity contribution in [2.75, 3.05) is 19.8 Å². The van der Waals surface area contributed by atoms with Crippen molar-refractivity contribution in [1.82, 2.24) is 20.1 Å². The fraction of sp³-hybridized carbons (Fsp3) is 0.438. The number of rotatable bonds is 4. The summed E-state index contributed by atoms with van der Waals surface area (Å²) in [7, 11) is 0. The molecule has 0 saturated carbocycles. The molecule has 2 aromatic rings. The molecule has 0 spiro atoms. The van der Waals surface area contributed by atoms with E-state index in [2.05, 4.69) is 15.4 Å². The summed E-state index contributed by atoms with van der Waals surface area (Å²) in [5.41, 5.74) is 2.52. The van der Waals surface area contributed by atoms with E-state index in [9.17, 15) is 4.79 Å². The van der Waals surface area contributed by atoms with E-state index in [0.717, 1.165) is 31.0 Å². The van der Waals surface area contributed by atoms with Crippen LogP contribution in [0.5, 0.6) is 0 Å². The summed E-state index contributed by atoms with van der Waals surface area (Å²) in [6, 6.07) is 5.58. The van der Waals surface area contributed by atoms with Crippen molar-refractivity contribution in [2.45, 2.75) is 20.3 Å². The highest BCUT2D eigenvalue weighted by Crippen LogP contribution is 2.12. The van der Waals surface area contributed by atoms with Crippen LogP contribution in [0.25, 0.3) is 5.82 Å². The van der Waals surface area contributed by atoms with Crippen LogP contribution in [-0.4, -0.2) is 40.4 Å². The van der Waals surface area contributed by atoms with E-state index < -0.39 is 0 Å². The third-order valence-corrected chi connectivity index (χ3v) is 3.81. The first-order chi connectivity index (χ1) is 10.6. The van der Waals surface area contributed by atoms with Gasteiger partial charge in [0.25, 0.3) is 5.91 Å². The van der Waals surface area contributed by atoms with Gasteiger partial charge in [0.05, 0.1) is 17.9 Å². The van der Waals surface area contributed by atoms with Crippen LogP contribution >= 0.6 is 0 Å². The average Bonchev–Trinajstić information content (AvgIpc) is 3.14. The Kier molecular flexibility index (Phi) is 4.20. The molecule has 1 aliphatic rings. The van der Waals surface area contributed by atoms with Gasteiger partial charge in [-0.2, -0.15) is 5.10 Å². The number of aromatic nitrogens is 3. The maximum absolute atomic E-state index is 12.1. The summed E-state index contributed by atoms with van der Waals surface area (Å²) in [6.07, 6.45) is 2.60. The van der Waals surface area contributed by atoms with Gasteiger partial charge in [-0.3, -0.25) is 4.79 Å². The summed E-state index contributed by atoms with van der Waals surface area (Å²) < 4.78 is 7.07. The second-order valence-corrected chi connectivity index (χ2v) is 5.68. The molecule has 0 aromatic carbocycles. The SMILES string of the molecule is Cc1cc(C)n(-c2ccc(C(=O)NCC3CCOC3)cn2)n1. The number of aryl methyl sites for hydroxylation is 2. The van der Waals surface area contributed by atoms with Gasteiger partial charge in [0.15, 0.2) is 5.82 Å². The highest BCUT2D eigenvalue weighted by Gasteiger charge is 2.17. The fourth-order valence-electron chi connectivity index (χ4n) is 2.59. The number of amides is 1. The van der Waals surface area contributed by atoms with E-state index in [1.165, 1.54) is 0 Å². The molecule has 0 radical (unpaired) electrons. The minimum atomic E-state index is -0.0979. The number of ether oxygens (including phenoxy) is 1. The molecule has 1 unspecified atom stereocenters. The van der Waals surface area contributed by atoms with Gasteiger partial charge in [-0.15, -0.1) is 0 Å². The zero-order valence-corrected chi connectivity index (χ0v) is 12.9. The molecule has 1 atom stereocenters. The second kappa shape index (κ2) is 6.27. The van der Waals surface area contributed by atoms with E-state index in [0.29, 0.717) is 23.8 Å². The van der Waals surface area contributed by atoms with Crippen LogP contribution in [0.3, 0.4) is 0 Å². The van der Waals surface area contributed by atoms with Gasteiger partial charge in [0.1, 0.15) is 0 Å². The Labute approximate surface area is 129 Å². The maximum atomic E-state index is 12.1. The van der Waals surface area contributed by atoms with Gasteiger partial charge in [0, 0.05) is 31.0 Å². The summed E-state index contributed by atoms with van der Waals surface area (Å²) in [5.74, 6) is 1.04. The molecule has 3 rings (SSSR count). The van der Waals surface area contributed by atoms with Crippen molar-refractivity contribution >= 4 is 5.91 Å². The van der Waals surface area contributed by atoms with Crippen LogP contribution in [0.4, 0.5) is 0 Å². The smallest absolute Gasteiger partial charge is 0.252 e. The van der Waals surface area contributed by atoms with E-state index in [4.69, 9.17) is 4.74 Å². The number of carbonyl (C=O) groups is 1. The molecule has 1 amide bonds. The zero-order chi connectivity index (χ0) is 15.5. The highest BCUT2D eigenvalue weighted by molar-refractivity contribution is 5.93. The molecule has 1 fully saturated rings. The topological polar surface area (TPSA) is 69.0 Å². The highest BCUT2D eigenvalue weighted by atomic mass is 16.5. The van der Waals surface area contributed by atoms with Gasteiger partial charge in [-0.1, -0.05) is 0 Å². The fourth-order valence-corrected chi connectivity index (χ4v) is 2.59. The molecular weight excluding hydrogens is 280 g/mol. The monoisotopic (exact) mass is 300 g/mol. The van der Waals surface area contributed by atoms with Crippen molar-refractivity contribution in [3.63, 3.8) is 0 Å². The first-order valence-electron chi connectivity index (χ1n) is 7.49. The molecule has 2 aromatic heterocycles. The van der Waals surface area contributed by atoms with Gasteiger partial charge in [0.2, 0.25) is 0 Å². The molecule has 1 aliphatic heterocycles. The lowest BCUT2D eigenvalue weighted by molar-refractivity contribution is 0.0944. The number of nitrogens with zero attached hydrogens (tertiary/aromatic N) is 3. The minimum absolute atomic E-state index is 0.0979. The van der Waals surface area contributed by atoms with E-state index in [-0.39, 0.29) is 5.91 Å². The molecule has 1 N–H and O–H groups in total. The molecule has 0 bridgehead atoms. The Morgan fingerprint density at radius 1 is 1.45 bits per heavy atom. The van der Waals surface area contributed by atoms with Crippen LogP contribution in [0.2, 0.25) is 0 Å². The molecule has 22 heavy (non-hydrogen) atoms. The quantitative estimate of drug-likeness (QED) is 0.932. The Morgan fingerprint density at radius 3 is 2.91 bits per heavy atom. The van der Waals surface area contributed by atoms with Gasteiger partial charge in [-0.05, 0) is 38.5 Å². The maximum Gasteiger partial charge on any atom is 0.252 e. The van der Waals surface area contributed by atoms with Crippen LogP contribution in [0.1, 0.15) is 28.2 Å². The first-order valence-corrected chi connectivity index (χ1v) is 7.49. The number of carbonyl (C=O) groups excluding carboxylic acids is 1. The van der Waals surface area contributed by atoms with Crippen molar-refractivity contribution in [3.05, 3.63) is 41.3 Å². The predicted molar refractivity (Wildman–Crippen MR) is 82.1 cm³/mol. The minimum Gasteiger partial charge on any atom is -0.381 e. The molecular formula is C16H20N4O2. The summed E-state index contributed by atoms with van der Waals surface area (Å²) in [6.45, 7) is 6.09. The number of pyridine rings is 1. The Balaban J connectivity index is 1.65. The van der Waals surface area contributed by atoms with Crippen LogP contribution in [0.15, 0.2) is 24.4 Å². The third kappa shape index (κ3) is 3.17. The van der Waals surface area contributed by atoms with Crippen molar-refractivity contribution in [1.29, 1.82) is 0 Å². The van der Waals surface area contributed by atoms with E-state index >= 15 is 0 Å². The molecule has 0 aliphatic carbocycles. The van der Waals surface area contributed by atoms with Crippen molar-refractivity contribution in [2.24, 2.45) is 5.92 Å². The Hall–Kier alpha value is -2.21. The van der Waals surface area contributed by atoms with Crippen LogP contribution < -0.4 is 5.32 Å². The van der Waals surface area contributed by atoms with Gasteiger partial charge in [-0.25, -0.2) is 9.67 Å². The van der Waals surface area contributed by atoms with Crippen LogP contribution in [0, 0.1) is 19.8 Å².